The molecule has 0 saturated carbocycles. The maximum Gasteiger partial charge on any atom is 0.302 e. The molecule has 32 heavy (non-hydrogen) atoms. The number of carbonyl (C=O) groups excluding carboxylic acids is 1. The number of esters is 1. The van der Waals surface area contributed by atoms with E-state index in [0.717, 1.165) is 37.4 Å². The number of hydrogen-bond acceptors (Lipinski definition) is 4. The fraction of sp³-hybridized carbons (Fsp3) is 0.321. The van der Waals surface area contributed by atoms with Crippen LogP contribution in [0.25, 0.3) is 11.1 Å². The highest BCUT2D eigenvalue weighted by atomic mass is 16.5. The van der Waals surface area contributed by atoms with Crippen LogP contribution in [0.15, 0.2) is 66.7 Å². The number of benzene rings is 3. The minimum absolute atomic E-state index is 0.0195. The summed E-state index contributed by atoms with van der Waals surface area (Å²) in [7, 11) is 0. The summed E-state index contributed by atoms with van der Waals surface area (Å²) in [6, 6.07) is 23.3. The predicted molar refractivity (Wildman–Crippen MR) is 128 cm³/mol. The third-order valence-electron chi connectivity index (χ3n) is 6.12. The average molecular weight is 430 g/mol. The fourth-order valence-corrected chi connectivity index (χ4v) is 4.43. The molecule has 1 saturated heterocycles. The minimum Gasteiger partial charge on any atom is -0.489 e. The summed E-state index contributed by atoms with van der Waals surface area (Å²) in [6.07, 6.45) is 0.923. The van der Waals surface area contributed by atoms with Gasteiger partial charge in [0.1, 0.15) is 18.5 Å². The summed E-state index contributed by atoms with van der Waals surface area (Å²) in [5.74, 6) is 0.719. The number of hydrogen-bond donors (Lipinski definition) is 0. The minimum atomic E-state index is -0.196. The van der Waals surface area contributed by atoms with Gasteiger partial charge in [-0.05, 0) is 59.7 Å². The van der Waals surface area contributed by atoms with Gasteiger partial charge in [0, 0.05) is 26.6 Å². The van der Waals surface area contributed by atoms with Crippen LogP contribution in [0.4, 0.5) is 0 Å². The van der Waals surface area contributed by atoms with Crippen LogP contribution in [-0.4, -0.2) is 30.1 Å². The molecule has 1 aliphatic heterocycles. The van der Waals surface area contributed by atoms with E-state index in [0.29, 0.717) is 6.61 Å². The lowest BCUT2D eigenvalue weighted by molar-refractivity contribution is -0.145. The Bertz CT molecular complexity index is 1080. The van der Waals surface area contributed by atoms with Gasteiger partial charge in [0.15, 0.2) is 0 Å². The van der Waals surface area contributed by atoms with Crippen LogP contribution >= 0.6 is 0 Å². The summed E-state index contributed by atoms with van der Waals surface area (Å²) < 4.78 is 11.6. The molecule has 4 heteroatoms. The largest absolute Gasteiger partial charge is 0.489 e. The van der Waals surface area contributed by atoms with Gasteiger partial charge in [0.2, 0.25) is 0 Å². The molecule has 1 fully saturated rings. The van der Waals surface area contributed by atoms with Crippen molar-refractivity contribution >= 4 is 5.97 Å². The fourth-order valence-electron chi connectivity index (χ4n) is 4.43. The summed E-state index contributed by atoms with van der Waals surface area (Å²) in [5, 5.41) is 0. The second kappa shape index (κ2) is 10.0. The Balaban J connectivity index is 1.38. The molecule has 3 aromatic rings. The van der Waals surface area contributed by atoms with Crippen molar-refractivity contribution in [1.82, 2.24) is 4.90 Å². The summed E-state index contributed by atoms with van der Waals surface area (Å²) in [6.45, 7) is 8.89. The first-order valence-corrected chi connectivity index (χ1v) is 11.3. The molecular weight excluding hydrogens is 398 g/mol. The van der Waals surface area contributed by atoms with Crippen molar-refractivity contribution in [2.24, 2.45) is 0 Å². The van der Waals surface area contributed by atoms with E-state index in [2.05, 4.69) is 79.4 Å². The molecule has 166 valence electrons. The van der Waals surface area contributed by atoms with Crippen molar-refractivity contribution in [2.75, 3.05) is 13.1 Å². The van der Waals surface area contributed by atoms with E-state index in [-0.39, 0.29) is 12.1 Å². The zero-order valence-corrected chi connectivity index (χ0v) is 19.1. The number of ether oxygens (including phenoxy) is 2. The van der Waals surface area contributed by atoms with E-state index in [1.54, 1.807) is 0 Å². The van der Waals surface area contributed by atoms with Crippen molar-refractivity contribution in [3.63, 3.8) is 0 Å². The summed E-state index contributed by atoms with van der Waals surface area (Å²) >= 11 is 0. The lowest BCUT2D eigenvalue weighted by Crippen LogP contribution is -2.24. The number of likely N-dealkylation sites (tertiary alicyclic amines) is 1. The van der Waals surface area contributed by atoms with E-state index in [1.807, 2.05) is 6.07 Å². The normalized spacial score (nSPS) is 16.2. The third kappa shape index (κ3) is 5.38. The predicted octanol–water partition coefficient (Wildman–Crippen LogP) is 5.69. The maximum atomic E-state index is 11.2. The Hall–Kier alpha value is -3.11. The summed E-state index contributed by atoms with van der Waals surface area (Å²) in [5.41, 5.74) is 7.31. The van der Waals surface area contributed by atoms with Gasteiger partial charge in [0.25, 0.3) is 0 Å². The molecule has 0 N–H and O–H groups in total. The van der Waals surface area contributed by atoms with E-state index in [4.69, 9.17) is 9.47 Å². The van der Waals surface area contributed by atoms with E-state index in [1.165, 1.54) is 34.7 Å². The first-order chi connectivity index (χ1) is 15.5. The van der Waals surface area contributed by atoms with E-state index in [9.17, 15) is 4.79 Å². The molecule has 0 spiro atoms. The maximum absolute atomic E-state index is 11.2. The third-order valence-corrected chi connectivity index (χ3v) is 6.12. The molecule has 1 aliphatic rings. The highest BCUT2D eigenvalue weighted by Crippen LogP contribution is 2.27. The Labute approximate surface area is 190 Å². The number of nitrogens with zero attached hydrogens (tertiary/aromatic N) is 1. The first-order valence-electron chi connectivity index (χ1n) is 11.3. The van der Waals surface area contributed by atoms with Crippen LogP contribution in [0.2, 0.25) is 0 Å². The van der Waals surface area contributed by atoms with Gasteiger partial charge in [-0.2, -0.15) is 0 Å². The van der Waals surface area contributed by atoms with Crippen molar-refractivity contribution in [2.45, 2.75) is 46.4 Å². The number of carbonyl (C=O) groups is 1. The van der Waals surface area contributed by atoms with Crippen molar-refractivity contribution in [3.8, 4) is 16.9 Å². The topological polar surface area (TPSA) is 38.8 Å². The lowest BCUT2D eigenvalue weighted by Gasteiger charge is -2.18. The molecule has 0 unspecified atom stereocenters. The van der Waals surface area contributed by atoms with Gasteiger partial charge in [-0.3, -0.25) is 9.69 Å². The zero-order chi connectivity index (χ0) is 22.5. The smallest absolute Gasteiger partial charge is 0.302 e. The molecule has 4 nitrogen and oxygen atoms in total. The molecule has 0 aliphatic carbocycles. The highest BCUT2D eigenvalue weighted by molar-refractivity contribution is 5.68. The zero-order valence-electron chi connectivity index (χ0n) is 19.1. The number of rotatable bonds is 7. The van der Waals surface area contributed by atoms with Crippen LogP contribution in [0.3, 0.4) is 0 Å². The van der Waals surface area contributed by atoms with Gasteiger partial charge < -0.3 is 9.47 Å². The first kappa shape index (κ1) is 22.1. The Kier molecular flexibility index (Phi) is 6.91. The Morgan fingerprint density at radius 1 is 1.03 bits per heavy atom. The van der Waals surface area contributed by atoms with Gasteiger partial charge in [-0.15, -0.1) is 0 Å². The molecular formula is C28H31NO3. The molecule has 0 aromatic heterocycles. The monoisotopic (exact) mass is 429 g/mol. The summed E-state index contributed by atoms with van der Waals surface area (Å²) in [4.78, 5) is 13.5. The van der Waals surface area contributed by atoms with Gasteiger partial charge >= 0.3 is 5.97 Å². The van der Waals surface area contributed by atoms with Crippen molar-refractivity contribution in [3.05, 3.63) is 89.0 Å². The SMILES string of the molecule is CC(=O)O[C@@H]1CCN(Cc2ccc(OCc3cccc(-c4ccccc4)c3C)c(C)c2)C1. The Morgan fingerprint density at radius 3 is 2.59 bits per heavy atom. The van der Waals surface area contributed by atoms with Crippen LogP contribution < -0.4 is 4.74 Å². The van der Waals surface area contributed by atoms with Crippen LogP contribution in [0, 0.1) is 13.8 Å². The standard InChI is InChI=1S/C28H31NO3/c1-20-16-23(17-29-15-14-26(18-29)32-22(3)30)12-13-28(20)31-19-25-10-7-11-27(21(25)2)24-8-5-4-6-9-24/h4-13,16,26H,14-15,17-19H2,1-3H3/t26-/m1/s1. The van der Waals surface area contributed by atoms with E-state index < -0.39 is 0 Å². The van der Waals surface area contributed by atoms with Crippen molar-refractivity contribution < 1.29 is 14.3 Å². The molecule has 1 atom stereocenters. The second-order valence-electron chi connectivity index (χ2n) is 8.60. The Morgan fingerprint density at radius 2 is 1.84 bits per heavy atom. The molecule has 1 heterocycles. The van der Waals surface area contributed by atoms with Gasteiger partial charge in [0.05, 0.1) is 0 Å². The molecule has 0 radical (unpaired) electrons. The van der Waals surface area contributed by atoms with Gasteiger partial charge in [-0.25, -0.2) is 0 Å². The van der Waals surface area contributed by atoms with Crippen LogP contribution in [-0.2, 0) is 22.7 Å². The molecule has 4 rings (SSSR count). The van der Waals surface area contributed by atoms with Crippen LogP contribution in [0.5, 0.6) is 5.75 Å². The van der Waals surface area contributed by atoms with Gasteiger partial charge in [-0.1, -0.05) is 60.7 Å². The molecule has 3 aromatic carbocycles. The lowest BCUT2D eigenvalue weighted by atomic mass is 9.97. The average Bonchev–Trinajstić information content (AvgIpc) is 3.20. The van der Waals surface area contributed by atoms with Crippen molar-refractivity contribution in [1.29, 1.82) is 0 Å². The second-order valence-corrected chi connectivity index (χ2v) is 8.60. The highest BCUT2D eigenvalue weighted by Gasteiger charge is 2.24. The quantitative estimate of drug-likeness (QED) is 0.453. The number of aryl methyl sites for hydroxylation is 1. The molecule has 0 amide bonds. The molecule has 0 bridgehead atoms. The van der Waals surface area contributed by atoms with E-state index >= 15 is 0 Å². The van der Waals surface area contributed by atoms with Crippen LogP contribution in [0.1, 0.15) is 35.6 Å².